The summed E-state index contributed by atoms with van der Waals surface area (Å²) in [5.41, 5.74) is 0. The van der Waals surface area contributed by atoms with E-state index in [0.717, 1.165) is 0 Å². The fraction of sp³-hybridized carbons (Fsp3) is 0.833. The third-order valence-corrected chi connectivity index (χ3v) is 2.85. The van der Waals surface area contributed by atoms with Crippen LogP contribution in [0.3, 0.4) is 0 Å². The lowest BCUT2D eigenvalue weighted by molar-refractivity contribution is -0.329. The van der Waals surface area contributed by atoms with Crippen LogP contribution in [0.15, 0.2) is 0 Å². The van der Waals surface area contributed by atoms with Gasteiger partial charge in [-0.25, -0.2) is 0 Å². The van der Waals surface area contributed by atoms with Crippen molar-refractivity contribution in [2.24, 2.45) is 5.92 Å². The van der Waals surface area contributed by atoms with Gasteiger partial charge in [0.2, 0.25) is 0 Å². The van der Waals surface area contributed by atoms with Gasteiger partial charge in [-0.1, -0.05) is 6.92 Å². The van der Waals surface area contributed by atoms with Crippen LogP contribution in [-0.2, 0) is 19.1 Å². The lowest BCUT2D eigenvalue weighted by Crippen LogP contribution is -2.40. The van der Waals surface area contributed by atoms with Gasteiger partial charge >= 0.3 is 17.9 Å². The van der Waals surface area contributed by atoms with Crippen molar-refractivity contribution in [3.63, 3.8) is 0 Å². The Labute approximate surface area is 106 Å². The first-order valence-corrected chi connectivity index (χ1v) is 6.25. The van der Waals surface area contributed by atoms with Crippen LogP contribution in [0.25, 0.3) is 0 Å². The van der Waals surface area contributed by atoms with Crippen LogP contribution in [-0.4, -0.2) is 34.7 Å². The van der Waals surface area contributed by atoms with Crippen molar-refractivity contribution < 1.29 is 29.3 Å². The molecule has 1 rings (SSSR count). The molecule has 6 nitrogen and oxygen atoms in total. The fourth-order valence-corrected chi connectivity index (χ4v) is 1.74. The topological polar surface area (TPSA) is 93.1 Å². The maximum absolute atomic E-state index is 11.7. The summed E-state index contributed by atoms with van der Waals surface area (Å²) in [5.74, 6) is -3.72. The average Bonchev–Trinajstić information content (AvgIpc) is 2.31. The van der Waals surface area contributed by atoms with Gasteiger partial charge in [0.1, 0.15) is 0 Å². The van der Waals surface area contributed by atoms with Gasteiger partial charge in [0, 0.05) is 13.0 Å². The number of unbranched alkanes of at least 4 members (excludes halogenated alkanes) is 1. The largest absolute Gasteiger partial charge is 0.398 e. The molecule has 0 aliphatic carbocycles. The summed E-state index contributed by atoms with van der Waals surface area (Å²) in [6, 6.07) is 0. The highest BCUT2D eigenvalue weighted by atomic mass is 16.8. The van der Waals surface area contributed by atoms with E-state index in [9.17, 15) is 14.7 Å². The predicted octanol–water partition coefficient (Wildman–Crippen LogP) is 0.701. The summed E-state index contributed by atoms with van der Waals surface area (Å²) in [6.45, 7) is 1.65. The van der Waals surface area contributed by atoms with E-state index in [-0.39, 0.29) is 25.4 Å². The molecule has 1 aliphatic rings. The minimum atomic E-state index is -2.19. The van der Waals surface area contributed by atoms with Gasteiger partial charge < -0.3 is 19.7 Å². The number of carbonyl (C=O) groups is 2. The van der Waals surface area contributed by atoms with Crippen LogP contribution in [0.1, 0.15) is 45.4 Å². The molecule has 0 radical (unpaired) electrons. The first-order chi connectivity index (χ1) is 8.47. The van der Waals surface area contributed by atoms with E-state index >= 15 is 0 Å². The summed E-state index contributed by atoms with van der Waals surface area (Å²) >= 11 is 0. The minimum Gasteiger partial charge on any atom is -0.398 e. The summed E-state index contributed by atoms with van der Waals surface area (Å²) in [6.07, 6.45) is 2.01. The molecule has 6 heteroatoms. The monoisotopic (exact) mass is 260 g/mol. The van der Waals surface area contributed by atoms with Crippen LogP contribution in [0.2, 0.25) is 0 Å². The Morgan fingerprint density at radius 3 is 2.72 bits per heavy atom. The van der Waals surface area contributed by atoms with E-state index in [4.69, 9.17) is 14.6 Å². The van der Waals surface area contributed by atoms with E-state index in [0.29, 0.717) is 25.7 Å². The van der Waals surface area contributed by atoms with Gasteiger partial charge in [-0.15, -0.1) is 0 Å². The first kappa shape index (κ1) is 14.9. The zero-order chi connectivity index (χ0) is 13.6. The SMILES string of the molecule is CC1CCCC(=O)OC(O)(CCCCO)OC1=O. The Bertz CT molecular complexity index is 303. The number of ether oxygens (including phenoxy) is 2. The number of aliphatic hydroxyl groups excluding tert-OH is 1. The maximum atomic E-state index is 11.7. The highest BCUT2D eigenvalue weighted by Gasteiger charge is 2.38. The highest BCUT2D eigenvalue weighted by molar-refractivity contribution is 5.74. The van der Waals surface area contributed by atoms with Crippen molar-refractivity contribution in [2.45, 2.75) is 51.4 Å². The quantitative estimate of drug-likeness (QED) is 0.571. The Hall–Kier alpha value is -1.14. The molecular weight excluding hydrogens is 240 g/mol. The molecule has 18 heavy (non-hydrogen) atoms. The number of hydrogen-bond donors (Lipinski definition) is 2. The third kappa shape index (κ3) is 4.62. The van der Waals surface area contributed by atoms with Crippen LogP contribution in [0.4, 0.5) is 0 Å². The minimum absolute atomic E-state index is 0.0300. The summed E-state index contributed by atoms with van der Waals surface area (Å²) in [4.78, 5) is 23.1. The molecule has 0 spiro atoms. The van der Waals surface area contributed by atoms with Crippen LogP contribution in [0, 0.1) is 5.92 Å². The molecule has 1 heterocycles. The van der Waals surface area contributed by atoms with Gasteiger partial charge in [-0.2, -0.15) is 0 Å². The van der Waals surface area contributed by atoms with E-state index in [1.54, 1.807) is 6.92 Å². The molecule has 2 unspecified atom stereocenters. The Balaban J connectivity index is 2.70. The molecule has 2 N–H and O–H groups in total. The van der Waals surface area contributed by atoms with E-state index in [1.165, 1.54) is 0 Å². The fourth-order valence-electron chi connectivity index (χ4n) is 1.74. The van der Waals surface area contributed by atoms with Crippen LogP contribution < -0.4 is 0 Å². The van der Waals surface area contributed by atoms with Crippen LogP contribution >= 0.6 is 0 Å². The second-order valence-corrected chi connectivity index (χ2v) is 4.58. The number of aliphatic hydroxyl groups is 2. The van der Waals surface area contributed by atoms with Crippen molar-refractivity contribution >= 4 is 11.9 Å². The van der Waals surface area contributed by atoms with Gasteiger partial charge in [-0.05, 0) is 25.7 Å². The highest BCUT2D eigenvalue weighted by Crippen LogP contribution is 2.24. The van der Waals surface area contributed by atoms with Gasteiger partial charge in [0.05, 0.1) is 12.3 Å². The molecule has 0 aromatic carbocycles. The second kappa shape index (κ2) is 6.70. The number of hydrogen-bond acceptors (Lipinski definition) is 6. The normalized spacial score (nSPS) is 29.8. The molecule has 0 saturated carbocycles. The van der Waals surface area contributed by atoms with Crippen molar-refractivity contribution in [1.82, 2.24) is 0 Å². The summed E-state index contributed by atoms with van der Waals surface area (Å²) in [7, 11) is 0. The van der Waals surface area contributed by atoms with E-state index in [1.807, 2.05) is 0 Å². The lowest BCUT2D eigenvalue weighted by Gasteiger charge is -2.27. The van der Waals surface area contributed by atoms with Crippen molar-refractivity contribution in [3.8, 4) is 0 Å². The Morgan fingerprint density at radius 1 is 1.33 bits per heavy atom. The number of cyclic esters (lactones) is 2. The lowest BCUT2D eigenvalue weighted by atomic mass is 10.0. The smallest absolute Gasteiger partial charge is 0.373 e. The zero-order valence-corrected chi connectivity index (χ0v) is 10.6. The standard InChI is InChI=1S/C12H20O6/c1-9-5-4-6-10(14)17-12(16,18-11(9)15)7-2-3-8-13/h9,13,16H,2-8H2,1H3. The molecule has 104 valence electrons. The Morgan fingerprint density at radius 2 is 2.06 bits per heavy atom. The molecule has 1 fully saturated rings. The molecule has 0 aromatic rings. The summed E-state index contributed by atoms with van der Waals surface area (Å²) in [5, 5.41) is 18.7. The van der Waals surface area contributed by atoms with E-state index < -0.39 is 17.9 Å². The third-order valence-electron chi connectivity index (χ3n) is 2.85. The molecular formula is C12H20O6. The number of esters is 2. The van der Waals surface area contributed by atoms with Gasteiger partial charge in [0.15, 0.2) is 0 Å². The zero-order valence-electron chi connectivity index (χ0n) is 10.6. The first-order valence-electron chi connectivity index (χ1n) is 6.25. The van der Waals surface area contributed by atoms with Gasteiger partial charge in [0.25, 0.3) is 0 Å². The molecule has 0 bridgehead atoms. The van der Waals surface area contributed by atoms with Gasteiger partial charge in [-0.3, -0.25) is 9.59 Å². The molecule has 2 atom stereocenters. The predicted molar refractivity (Wildman–Crippen MR) is 61.1 cm³/mol. The average molecular weight is 260 g/mol. The second-order valence-electron chi connectivity index (χ2n) is 4.58. The summed E-state index contributed by atoms with van der Waals surface area (Å²) < 4.78 is 9.70. The molecule has 1 aliphatic heterocycles. The molecule has 0 aromatic heterocycles. The Kier molecular flexibility index (Phi) is 5.55. The van der Waals surface area contributed by atoms with Crippen molar-refractivity contribution in [1.29, 1.82) is 0 Å². The number of carbonyl (C=O) groups excluding carboxylic acids is 2. The van der Waals surface area contributed by atoms with Crippen molar-refractivity contribution in [2.75, 3.05) is 6.61 Å². The van der Waals surface area contributed by atoms with Crippen molar-refractivity contribution in [3.05, 3.63) is 0 Å². The number of rotatable bonds is 4. The molecule has 0 amide bonds. The van der Waals surface area contributed by atoms with Crippen LogP contribution in [0.5, 0.6) is 0 Å². The maximum Gasteiger partial charge on any atom is 0.373 e. The molecule has 1 saturated heterocycles. The van der Waals surface area contributed by atoms with E-state index in [2.05, 4.69) is 0 Å².